The van der Waals surface area contributed by atoms with Crippen molar-refractivity contribution in [2.24, 2.45) is 0 Å². The Balaban J connectivity index is 1.60. The molecule has 32 heavy (non-hydrogen) atoms. The Kier molecular flexibility index (Phi) is 7.31. The summed E-state index contributed by atoms with van der Waals surface area (Å²) in [6, 6.07) is 6.70. The number of nitrogens with zero attached hydrogens (tertiary/aromatic N) is 5. The number of rotatable bonds is 10. The minimum Gasteiger partial charge on any atom is -0.481 e. The van der Waals surface area contributed by atoms with Crippen LogP contribution >= 0.6 is 0 Å². The number of carbonyl (C=O) groups is 4. The lowest BCUT2D eigenvalue weighted by atomic mass is 10.1. The maximum atomic E-state index is 12.6. The molecular formula is C19H22N6O7. The molecule has 170 valence electrons. The van der Waals surface area contributed by atoms with Crippen LogP contribution in [0, 0.1) is 0 Å². The van der Waals surface area contributed by atoms with Crippen molar-refractivity contribution in [1.29, 1.82) is 0 Å². The summed E-state index contributed by atoms with van der Waals surface area (Å²) in [5.74, 6) is -2.91. The van der Waals surface area contributed by atoms with Crippen LogP contribution in [0.15, 0.2) is 30.3 Å². The van der Waals surface area contributed by atoms with Gasteiger partial charge in [-0.2, -0.15) is 4.80 Å². The second kappa shape index (κ2) is 10.3. The number of ether oxygens (including phenoxy) is 1. The number of hydrogen-bond acceptors (Lipinski definition) is 9. The Morgan fingerprint density at radius 1 is 1.19 bits per heavy atom. The average molecular weight is 446 g/mol. The zero-order chi connectivity index (χ0) is 23.1. The number of aromatic nitrogens is 4. The number of carboxylic acid groups (broad SMARTS) is 2. The quantitative estimate of drug-likeness (QED) is 0.450. The SMILES string of the molecule is O=C(O)CC(NC(=O)OCc1ccccc1)C(=O)Cn1nnc(N2CCC[C@@H]2C(=O)O)n1. The number of carbonyl (C=O) groups excluding carboxylic acids is 2. The van der Waals surface area contributed by atoms with E-state index in [9.17, 15) is 24.3 Å². The van der Waals surface area contributed by atoms with Crippen molar-refractivity contribution < 1.29 is 34.1 Å². The lowest BCUT2D eigenvalue weighted by molar-refractivity contribution is -0.139. The molecule has 2 atom stereocenters. The fraction of sp³-hybridized carbons (Fsp3) is 0.421. The lowest BCUT2D eigenvalue weighted by Gasteiger charge is -2.18. The molecule has 1 aromatic carbocycles. The Labute approximate surface area is 182 Å². The highest BCUT2D eigenvalue weighted by molar-refractivity contribution is 5.90. The molecule has 0 radical (unpaired) electrons. The third-order valence-electron chi connectivity index (χ3n) is 4.81. The molecule has 13 heteroatoms. The first-order chi connectivity index (χ1) is 15.3. The number of ketones is 1. The van der Waals surface area contributed by atoms with Gasteiger partial charge in [0.2, 0.25) is 0 Å². The summed E-state index contributed by atoms with van der Waals surface area (Å²) in [6.45, 7) is -0.0717. The van der Waals surface area contributed by atoms with Crippen LogP contribution < -0.4 is 10.2 Å². The van der Waals surface area contributed by atoms with Crippen molar-refractivity contribution in [2.75, 3.05) is 11.4 Å². The normalized spacial score (nSPS) is 16.4. The maximum absolute atomic E-state index is 12.6. The first-order valence-corrected chi connectivity index (χ1v) is 9.82. The van der Waals surface area contributed by atoms with Gasteiger partial charge in [-0.1, -0.05) is 35.4 Å². The Hall–Kier alpha value is -4.03. The van der Waals surface area contributed by atoms with E-state index in [1.54, 1.807) is 30.3 Å². The third kappa shape index (κ3) is 6.00. The summed E-state index contributed by atoms with van der Waals surface area (Å²) >= 11 is 0. The standard InChI is InChI=1S/C19H22N6O7/c26-15(10-25-22-18(21-23-25)24-8-4-7-14(24)17(29)30)13(9-16(27)28)20-19(31)32-11-12-5-2-1-3-6-12/h1-3,5-6,13-14H,4,7-11H2,(H,20,31)(H,27,28)(H,29,30)/t13?,14-/m1/s1. The maximum Gasteiger partial charge on any atom is 0.408 e. The largest absolute Gasteiger partial charge is 0.481 e. The zero-order valence-corrected chi connectivity index (χ0v) is 17.0. The van der Waals surface area contributed by atoms with Crippen molar-refractivity contribution >= 4 is 29.8 Å². The van der Waals surface area contributed by atoms with E-state index in [1.807, 2.05) is 0 Å². The molecule has 2 heterocycles. The molecule has 0 bridgehead atoms. The molecule has 1 aliphatic rings. The monoisotopic (exact) mass is 446 g/mol. The first-order valence-electron chi connectivity index (χ1n) is 9.82. The minimum absolute atomic E-state index is 0.0464. The number of carboxylic acids is 2. The number of hydrogen-bond donors (Lipinski definition) is 3. The fourth-order valence-electron chi connectivity index (χ4n) is 3.26. The molecule has 1 unspecified atom stereocenters. The van der Waals surface area contributed by atoms with Crippen molar-refractivity contribution in [3.63, 3.8) is 0 Å². The smallest absolute Gasteiger partial charge is 0.408 e. The van der Waals surface area contributed by atoms with Gasteiger partial charge in [-0.15, -0.1) is 5.10 Å². The van der Waals surface area contributed by atoms with Gasteiger partial charge in [0, 0.05) is 6.54 Å². The van der Waals surface area contributed by atoms with E-state index in [1.165, 1.54) is 4.90 Å². The lowest BCUT2D eigenvalue weighted by Crippen LogP contribution is -2.44. The van der Waals surface area contributed by atoms with E-state index in [-0.39, 0.29) is 12.6 Å². The van der Waals surface area contributed by atoms with Gasteiger partial charge < -0.3 is 25.2 Å². The predicted octanol–water partition coefficient (Wildman–Crippen LogP) is 0.0653. The van der Waals surface area contributed by atoms with Gasteiger partial charge in [0.05, 0.1) is 6.42 Å². The molecule has 0 spiro atoms. The van der Waals surface area contributed by atoms with Crippen LogP contribution in [0.25, 0.3) is 0 Å². The second-order valence-corrected chi connectivity index (χ2v) is 7.13. The van der Waals surface area contributed by atoms with Crippen LogP contribution in [0.2, 0.25) is 0 Å². The van der Waals surface area contributed by atoms with E-state index in [2.05, 4.69) is 20.7 Å². The van der Waals surface area contributed by atoms with E-state index in [4.69, 9.17) is 9.84 Å². The van der Waals surface area contributed by atoms with E-state index in [0.29, 0.717) is 19.4 Å². The van der Waals surface area contributed by atoms with Crippen LogP contribution in [-0.2, 0) is 32.3 Å². The zero-order valence-electron chi connectivity index (χ0n) is 17.0. The molecular weight excluding hydrogens is 424 g/mol. The van der Waals surface area contributed by atoms with Crippen LogP contribution in [0.3, 0.4) is 0 Å². The number of nitrogens with one attached hydrogen (secondary N) is 1. The topological polar surface area (TPSA) is 177 Å². The summed E-state index contributed by atoms with van der Waals surface area (Å²) in [5.41, 5.74) is 0.727. The van der Waals surface area contributed by atoms with Crippen molar-refractivity contribution in [2.45, 2.75) is 44.5 Å². The van der Waals surface area contributed by atoms with E-state index in [0.717, 1.165) is 10.4 Å². The highest BCUT2D eigenvalue weighted by Gasteiger charge is 2.33. The molecule has 3 rings (SSSR count). The molecule has 13 nitrogen and oxygen atoms in total. The summed E-state index contributed by atoms with van der Waals surface area (Å²) < 4.78 is 5.04. The number of alkyl carbamates (subject to hydrolysis) is 1. The molecule has 1 aliphatic heterocycles. The summed E-state index contributed by atoms with van der Waals surface area (Å²) in [5, 5.41) is 32.2. The number of anilines is 1. The summed E-state index contributed by atoms with van der Waals surface area (Å²) in [6.07, 6.45) is -0.505. The number of Topliss-reactive ketones (excluding diaryl/α,β-unsaturated/α-hetero) is 1. The molecule has 1 amide bonds. The van der Waals surface area contributed by atoms with Gasteiger partial charge in [0.25, 0.3) is 5.95 Å². The molecule has 1 fully saturated rings. The van der Waals surface area contributed by atoms with Crippen LogP contribution in [0.1, 0.15) is 24.8 Å². The third-order valence-corrected chi connectivity index (χ3v) is 4.81. The van der Waals surface area contributed by atoms with Gasteiger partial charge in [0.1, 0.15) is 25.2 Å². The van der Waals surface area contributed by atoms with Gasteiger partial charge in [-0.3, -0.25) is 9.59 Å². The van der Waals surface area contributed by atoms with E-state index < -0.39 is 48.9 Å². The summed E-state index contributed by atoms with van der Waals surface area (Å²) in [7, 11) is 0. The number of aliphatic carboxylic acids is 2. The van der Waals surface area contributed by atoms with Crippen LogP contribution in [-0.4, -0.2) is 72.9 Å². The fourth-order valence-corrected chi connectivity index (χ4v) is 3.26. The molecule has 3 N–H and O–H groups in total. The van der Waals surface area contributed by atoms with Gasteiger partial charge >= 0.3 is 18.0 Å². The number of benzene rings is 1. The van der Waals surface area contributed by atoms with Crippen molar-refractivity contribution in [1.82, 2.24) is 25.5 Å². The summed E-state index contributed by atoms with van der Waals surface area (Å²) in [4.78, 5) is 49.5. The molecule has 0 aliphatic carbocycles. The molecule has 1 aromatic heterocycles. The van der Waals surface area contributed by atoms with Gasteiger partial charge in [-0.25, -0.2) is 9.59 Å². The Morgan fingerprint density at radius 3 is 2.62 bits per heavy atom. The highest BCUT2D eigenvalue weighted by atomic mass is 16.5. The minimum atomic E-state index is -1.37. The highest BCUT2D eigenvalue weighted by Crippen LogP contribution is 2.21. The van der Waals surface area contributed by atoms with Gasteiger partial charge in [-0.05, 0) is 23.6 Å². The molecule has 2 aromatic rings. The Bertz CT molecular complexity index is 980. The molecule has 1 saturated heterocycles. The number of amides is 1. The molecule has 0 saturated carbocycles. The van der Waals surface area contributed by atoms with Crippen LogP contribution in [0.4, 0.5) is 10.7 Å². The van der Waals surface area contributed by atoms with Crippen molar-refractivity contribution in [3.8, 4) is 0 Å². The average Bonchev–Trinajstić information content (AvgIpc) is 3.41. The van der Waals surface area contributed by atoms with Crippen LogP contribution in [0.5, 0.6) is 0 Å². The van der Waals surface area contributed by atoms with Crippen molar-refractivity contribution in [3.05, 3.63) is 35.9 Å². The second-order valence-electron chi connectivity index (χ2n) is 7.13. The van der Waals surface area contributed by atoms with E-state index >= 15 is 0 Å². The predicted molar refractivity (Wildman–Crippen MR) is 107 cm³/mol. The first kappa shape index (κ1) is 22.7. The Morgan fingerprint density at radius 2 is 1.94 bits per heavy atom. The van der Waals surface area contributed by atoms with Gasteiger partial charge in [0.15, 0.2) is 5.78 Å². The number of tetrazole rings is 1.